The van der Waals surface area contributed by atoms with E-state index in [0.717, 1.165) is 15.7 Å². The van der Waals surface area contributed by atoms with E-state index in [1.165, 1.54) is 0 Å². The van der Waals surface area contributed by atoms with E-state index in [4.69, 9.17) is 0 Å². The number of carbonyl (C=O) groups is 1. The van der Waals surface area contributed by atoms with Gasteiger partial charge in [0.15, 0.2) is 0 Å². The Labute approximate surface area is 138 Å². The number of carbonyl (C=O) groups excluding carboxylic acids is 1. The molecule has 1 unspecified atom stereocenters. The van der Waals surface area contributed by atoms with Gasteiger partial charge in [0.1, 0.15) is 6.04 Å². The van der Waals surface area contributed by atoms with Gasteiger partial charge in [0.25, 0.3) is 5.91 Å². The van der Waals surface area contributed by atoms with Gasteiger partial charge in [-0.05, 0) is 42.3 Å². The number of anilines is 1. The van der Waals surface area contributed by atoms with E-state index in [1.807, 2.05) is 43.3 Å². The summed E-state index contributed by atoms with van der Waals surface area (Å²) in [6.07, 6.45) is 5.59. The van der Waals surface area contributed by atoms with Crippen molar-refractivity contribution in [2.75, 3.05) is 5.32 Å². The Hall–Kier alpha value is -2.21. The molecule has 0 aliphatic heterocycles. The van der Waals surface area contributed by atoms with E-state index < -0.39 is 0 Å². The van der Waals surface area contributed by atoms with Crippen LogP contribution in [0.3, 0.4) is 0 Å². The number of amides is 1. The zero-order valence-electron chi connectivity index (χ0n) is 12.2. The van der Waals surface area contributed by atoms with Crippen molar-refractivity contribution in [3.8, 4) is 0 Å². The van der Waals surface area contributed by atoms with Crippen LogP contribution < -0.4 is 10.7 Å². The first kappa shape index (κ1) is 16.2. The van der Waals surface area contributed by atoms with Gasteiger partial charge in [0.05, 0.1) is 6.21 Å². The SMILES string of the molecule is CCC(Nc1cccc(Br)c1)C(=O)NN=Cc1ccncc1. The largest absolute Gasteiger partial charge is 0.374 e. The molecule has 0 aliphatic carbocycles. The Kier molecular flexibility index (Phi) is 6.09. The van der Waals surface area contributed by atoms with Gasteiger partial charge in [0, 0.05) is 22.6 Å². The maximum absolute atomic E-state index is 12.1. The Morgan fingerprint density at radius 3 is 2.82 bits per heavy atom. The molecule has 1 aromatic heterocycles. The second kappa shape index (κ2) is 8.29. The lowest BCUT2D eigenvalue weighted by atomic mass is 10.2. The monoisotopic (exact) mass is 360 g/mol. The third-order valence-electron chi connectivity index (χ3n) is 2.98. The molecule has 2 rings (SSSR count). The normalized spacial score (nSPS) is 12.1. The first-order valence-corrected chi connectivity index (χ1v) is 7.73. The fourth-order valence-electron chi connectivity index (χ4n) is 1.83. The minimum atomic E-state index is -0.344. The smallest absolute Gasteiger partial charge is 0.262 e. The summed E-state index contributed by atoms with van der Waals surface area (Å²) in [7, 11) is 0. The van der Waals surface area contributed by atoms with Gasteiger partial charge < -0.3 is 5.32 Å². The topological polar surface area (TPSA) is 66.4 Å². The fourth-order valence-corrected chi connectivity index (χ4v) is 2.23. The predicted molar refractivity (Wildman–Crippen MR) is 91.8 cm³/mol. The number of benzene rings is 1. The highest BCUT2D eigenvalue weighted by Gasteiger charge is 2.15. The molecule has 0 saturated heterocycles. The van der Waals surface area contributed by atoms with Crippen molar-refractivity contribution >= 4 is 33.7 Å². The Balaban J connectivity index is 1.93. The van der Waals surface area contributed by atoms with Crippen LogP contribution in [0.1, 0.15) is 18.9 Å². The number of aromatic nitrogens is 1. The van der Waals surface area contributed by atoms with Crippen molar-refractivity contribution in [1.29, 1.82) is 0 Å². The zero-order valence-corrected chi connectivity index (χ0v) is 13.7. The van der Waals surface area contributed by atoms with Crippen molar-refractivity contribution in [3.05, 3.63) is 58.8 Å². The minimum Gasteiger partial charge on any atom is -0.374 e. The molecule has 1 aromatic carbocycles. The first-order chi connectivity index (χ1) is 10.7. The van der Waals surface area contributed by atoms with E-state index in [9.17, 15) is 4.79 Å². The maximum Gasteiger partial charge on any atom is 0.262 e. The van der Waals surface area contributed by atoms with Gasteiger partial charge in [-0.2, -0.15) is 5.10 Å². The van der Waals surface area contributed by atoms with Gasteiger partial charge in [-0.15, -0.1) is 0 Å². The molecule has 6 heteroatoms. The van der Waals surface area contributed by atoms with E-state index in [0.29, 0.717) is 6.42 Å². The molecule has 22 heavy (non-hydrogen) atoms. The molecule has 0 saturated carbocycles. The van der Waals surface area contributed by atoms with Gasteiger partial charge in [0.2, 0.25) is 0 Å². The second-order valence-electron chi connectivity index (χ2n) is 4.63. The zero-order chi connectivity index (χ0) is 15.8. The molecule has 0 aliphatic rings. The fraction of sp³-hybridized carbons (Fsp3) is 0.188. The molecule has 5 nitrogen and oxygen atoms in total. The van der Waals surface area contributed by atoms with Crippen LogP contribution in [0.25, 0.3) is 0 Å². The van der Waals surface area contributed by atoms with Crippen LogP contribution >= 0.6 is 15.9 Å². The number of halogens is 1. The van der Waals surface area contributed by atoms with E-state index in [2.05, 4.69) is 36.8 Å². The van der Waals surface area contributed by atoms with Crippen molar-refractivity contribution < 1.29 is 4.79 Å². The summed E-state index contributed by atoms with van der Waals surface area (Å²) < 4.78 is 0.962. The molecule has 0 bridgehead atoms. The molecule has 0 spiro atoms. The molecule has 2 N–H and O–H groups in total. The van der Waals surface area contributed by atoms with E-state index >= 15 is 0 Å². The van der Waals surface area contributed by atoms with Crippen molar-refractivity contribution in [1.82, 2.24) is 10.4 Å². The summed E-state index contributed by atoms with van der Waals surface area (Å²) >= 11 is 3.41. The summed E-state index contributed by atoms with van der Waals surface area (Å²) in [6, 6.07) is 11.0. The van der Waals surface area contributed by atoms with Crippen LogP contribution in [0, 0.1) is 0 Å². The van der Waals surface area contributed by atoms with Crippen LogP contribution in [0.2, 0.25) is 0 Å². The van der Waals surface area contributed by atoms with Crippen molar-refractivity contribution in [2.45, 2.75) is 19.4 Å². The van der Waals surface area contributed by atoms with Crippen molar-refractivity contribution in [3.63, 3.8) is 0 Å². The van der Waals surface area contributed by atoms with Crippen LogP contribution in [-0.4, -0.2) is 23.1 Å². The summed E-state index contributed by atoms with van der Waals surface area (Å²) in [6.45, 7) is 1.95. The standard InChI is InChI=1S/C16H17BrN4O/c1-2-15(20-14-5-3-4-13(17)10-14)16(22)21-19-11-12-6-8-18-9-7-12/h3-11,15,20H,2H2,1H3,(H,21,22). The molecular formula is C16H17BrN4O. The molecule has 2 aromatic rings. The summed E-state index contributed by atoms with van der Waals surface area (Å²) in [5, 5.41) is 7.16. The summed E-state index contributed by atoms with van der Waals surface area (Å²) in [5.41, 5.74) is 4.31. The Morgan fingerprint density at radius 1 is 1.36 bits per heavy atom. The van der Waals surface area contributed by atoms with Crippen LogP contribution in [-0.2, 0) is 4.79 Å². The number of hydrogen-bond acceptors (Lipinski definition) is 4. The highest BCUT2D eigenvalue weighted by molar-refractivity contribution is 9.10. The third kappa shape index (κ3) is 4.96. The van der Waals surface area contributed by atoms with Crippen molar-refractivity contribution in [2.24, 2.45) is 5.10 Å². The number of nitrogens with zero attached hydrogens (tertiary/aromatic N) is 2. The quantitative estimate of drug-likeness (QED) is 0.614. The van der Waals surface area contributed by atoms with Crippen LogP contribution in [0.4, 0.5) is 5.69 Å². The Bertz CT molecular complexity index is 646. The number of hydrazone groups is 1. The Morgan fingerprint density at radius 2 is 2.14 bits per heavy atom. The summed E-state index contributed by atoms with van der Waals surface area (Å²) in [4.78, 5) is 16.1. The molecule has 1 heterocycles. The molecule has 0 fully saturated rings. The average Bonchev–Trinajstić information content (AvgIpc) is 2.53. The maximum atomic E-state index is 12.1. The van der Waals surface area contributed by atoms with Gasteiger partial charge >= 0.3 is 0 Å². The van der Waals surface area contributed by atoms with Gasteiger partial charge in [-0.3, -0.25) is 9.78 Å². The van der Waals surface area contributed by atoms with Crippen LogP contribution in [0.5, 0.6) is 0 Å². The molecule has 1 amide bonds. The lowest BCUT2D eigenvalue weighted by molar-refractivity contribution is -0.121. The number of pyridine rings is 1. The van der Waals surface area contributed by atoms with Gasteiger partial charge in [-0.1, -0.05) is 28.9 Å². The van der Waals surface area contributed by atoms with Crippen LogP contribution in [0.15, 0.2) is 58.4 Å². The lowest BCUT2D eigenvalue weighted by Crippen LogP contribution is -2.36. The van der Waals surface area contributed by atoms with Gasteiger partial charge in [-0.25, -0.2) is 5.43 Å². The third-order valence-corrected chi connectivity index (χ3v) is 3.48. The predicted octanol–water partition coefficient (Wildman–Crippen LogP) is 3.18. The number of nitrogens with one attached hydrogen (secondary N) is 2. The number of hydrogen-bond donors (Lipinski definition) is 2. The van der Waals surface area contributed by atoms with E-state index in [1.54, 1.807) is 18.6 Å². The molecule has 1 atom stereocenters. The highest BCUT2D eigenvalue weighted by atomic mass is 79.9. The molecule has 0 radical (unpaired) electrons. The second-order valence-corrected chi connectivity index (χ2v) is 5.55. The molecular weight excluding hydrogens is 344 g/mol. The van der Waals surface area contributed by atoms with E-state index in [-0.39, 0.29) is 11.9 Å². The average molecular weight is 361 g/mol. The first-order valence-electron chi connectivity index (χ1n) is 6.94. The lowest BCUT2D eigenvalue weighted by Gasteiger charge is -2.16. The number of rotatable bonds is 6. The highest BCUT2D eigenvalue weighted by Crippen LogP contribution is 2.17. The summed E-state index contributed by atoms with van der Waals surface area (Å²) in [5.74, 6) is -0.173. The minimum absolute atomic E-state index is 0.173. The molecule has 114 valence electrons.